The van der Waals surface area contributed by atoms with Crippen molar-refractivity contribution < 1.29 is 24.5 Å². The van der Waals surface area contributed by atoms with Crippen LogP contribution in [-0.2, 0) is 34.5 Å². The van der Waals surface area contributed by atoms with Crippen LogP contribution in [0.15, 0.2) is 108 Å². The monoisotopic (exact) mass is 784 g/mol. The molecule has 1 aliphatic carbocycles. The van der Waals surface area contributed by atoms with Gasteiger partial charge in [-0.3, -0.25) is 14.5 Å². The van der Waals surface area contributed by atoms with E-state index >= 15 is 0 Å². The number of nitrogens with one attached hydrogen (secondary N) is 3. The molecule has 1 saturated heterocycles. The van der Waals surface area contributed by atoms with Crippen LogP contribution in [0, 0.1) is 5.92 Å². The third-order valence-electron chi connectivity index (χ3n) is 11.9. The zero-order valence-corrected chi connectivity index (χ0v) is 33.3. The lowest BCUT2D eigenvalue weighted by Gasteiger charge is -2.33. The fourth-order valence-corrected chi connectivity index (χ4v) is 8.62. The molecule has 10 heteroatoms. The second-order valence-corrected chi connectivity index (χ2v) is 16.0. The van der Waals surface area contributed by atoms with E-state index in [2.05, 4.69) is 50.8 Å². The van der Waals surface area contributed by atoms with E-state index in [1.54, 1.807) is 12.1 Å². The van der Waals surface area contributed by atoms with Gasteiger partial charge in [0.05, 0.1) is 18.2 Å². The van der Waals surface area contributed by atoms with Crippen molar-refractivity contribution in [2.24, 2.45) is 5.92 Å². The van der Waals surface area contributed by atoms with Gasteiger partial charge in [0.25, 0.3) is 5.91 Å². The molecule has 0 bridgehead atoms. The normalized spacial score (nSPS) is 17.5. The molecule has 2 aliphatic rings. The summed E-state index contributed by atoms with van der Waals surface area (Å²) in [6.07, 6.45) is 8.38. The number of amides is 1. The number of esters is 1. The Hall–Kier alpha value is -5.29. The lowest BCUT2D eigenvalue weighted by atomic mass is 9.90. The highest BCUT2D eigenvalue weighted by atomic mass is 16.5. The van der Waals surface area contributed by atoms with Crippen molar-refractivity contribution >= 4 is 22.8 Å². The van der Waals surface area contributed by atoms with Gasteiger partial charge >= 0.3 is 5.97 Å². The van der Waals surface area contributed by atoms with Crippen molar-refractivity contribution in [2.75, 3.05) is 32.8 Å². The summed E-state index contributed by atoms with van der Waals surface area (Å²) in [6.45, 7) is 4.37. The average molecular weight is 785 g/mol. The Morgan fingerprint density at radius 2 is 1.62 bits per heavy atom. The maximum absolute atomic E-state index is 14.1. The largest absolute Gasteiger partial charge is 0.506 e. The first-order chi connectivity index (χ1) is 28.3. The number of aromatic hydroxyl groups is 1. The number of phenols is 1. The van der Waals surface area contributed by atoms with Crippen LogP contribution in [0.1, 0.15) is 95.6 Å². The second kappa shape index (κ2) is 19.4. The van der Waals surface area contributed by atoms with E-state index in [-0.39, 0.29) is 23.2 Å². The lowest BCUT2D eigenvalue weighted by molar-refractivity contribution is -0.153. The van der Waals surface area contributed by atoms with Gasteiger partial charge in [-0.25, -0.2) is 4.79 Å². The van der Waals surface area contributed by atoms with Gasteiger partial charge in [0.15, 0.2) is 5.54 Å². The molecule has 1 fully saturated rings. The number of hydrogen-bond acceptors (Lipinski definition) is 8. The number of piperidine rings is 1. The number of aliphatic hydroxyl groups excluding tert-OH is 1. The van der Waals surface area contributed by atoms with Gasteiger partial charge in [-0.2, -0.15) is 0 Å². The highest BCUT2D eigenvalue weighted by Gasteiger charge is 2.48. The molecule has 1 amide bonds. The predicted molar refractivity (Wildman–Crippen MR) is 227 cm³/mol. The SMILES string of the molecule is O=C(NC1(C(=O)OCC2CCN(Cc3ccccc3)CC2)CCc2ccccc21)c1cccc(CCCCCCCNC[C@H](O)c2ccc(O)c3[nH]c(=O)ccc23)c1. The van der Waals surface area contributed by atoms with E-state index in [1.807, 2.05) is 48.5 Å². The van der Waals surface area contributed by atoms with Gasteiger partial charge in [0.2, 0.25) is 5.56 Å². The second-order valence-electron chi connectivity index (χ2n) is 16.0. The summed E-state index contributed by atoms with van der Waals surface area (Å²) in [5, 5.41) is 28.0. The molecule has 304 valence electrons. The van der Waals surface area contributed by atoms with Crippen molar-refractivity contribution in [2.45, 2.75) is 82.4 Å². The summed E-state index contributed by atoms with van der Waals surface area (Å²) in [5.41, 5.74) is 4.31. The first-order valence-electron chi connectivity index (χ1n) is 21.0. The van der Waals surface area contributed by atoms with E-state index in [9.17, 15) is 24.6 Å². The van der Waals surface area contributed by atoms with E-state index in [1.165, 1.54) is 17.7 Å². The number of carbonyl (C=O) groups excluding carboxylic acids is 2. The third-order valence-corrected chi connectivity index (χ3v) is 11.9. The van der Waals surface area contributed by atoms with E-state index in [0.29, 0.717) is 53.9 Å². The fraction of sp³-hybridized carbons (Fsp3) is 0.396. The maximum atomic E-state index is 14.1. The number of aromatic amines is 1. The molecule has 2 heterocycles. The van der Waals surface area contributed by atoms with Crippen LogP contribution in [0.25, 0.3) is 10.9 Å². The Balaban J connectivity index is 0.846. The molecular formula is C48H56N4O6. The summed E-state index contributed by atoms with van der Waals surface area (Å²) in [4.78, 5) is 44.8. The quantitative estimate of drug-likeness (QED) is 0.0469. The lowest BCUT2D eigenvalue weighted by Crippen LogP contribution is -2.51. The minimum Gasteiger partial charge on any atom is -0.506 e. The van der Waals surface area contributed by atoms with Gasteiger partial charge in [-0.15, -0.1) is 0 Å². The van der Waals surface area contributed by atoms with E-state index < -0.39 is 11.6 Å². The van der Waals surface area contributed by atoms with Crippen molar-refractivity contribution in [3.05, 3.63) is 147 Å². The zero-order chi connectivity index (χ0) is 40.3. The summed E-state index contributed by atoms with van der Waals surface area (Å²) in [5.74, 6) is -0.368. The molecular weight excluding hydrogens is 729 g/mol. The number of H-pyrrole nitrogens is 1. The number of aliphatic hydroxyl groups is 1. The first-order valence-corrected chi connectivity index (χ1v) is 21.0. The number of unbranched alkanes of at least 4 members (excludes halogenated alkanes) is 4. The minimum atomic E-state index is -1.22. The number of aryl methyl sites for hydroxylation is 2. The molecule has 4 aromatic carbocycles. The third kappa shape index (κ3) is 10.0. The highest BCUT2D eigenvalue weighted by Crippen LogP contribution is 2.39. The van der Waals surface area contributed by atoms with Gasteiger partial charge in [0, 0.05) is 30.1 Å². The Bertz CT molecular complexity index is 2220. The van der Waals surface area contributed by atoms with Gasteiger partial charge in [0.1, 0.15) is 5.75 Å². The molecule has 58 heavy (non-hydrogen) atoms. The Labute approximate surface area is 340 Å². The molecule has 1 unspecified atom stereocenters. The molecule has 0 spiro atoms. The van der Waals surface area contributed by atoms with Crippen molar-refractivity contribution in [1.29, 1.82) is 0 Å². The number of ether oxygens (including phenoxy) is 1. The van der Waals surface area contributed by atoms with Gasteiger partial charge in [-0.1, -0.05) is 92.1 Å². The molecule has 5 N–H and O–H groups in total. The Morgan fingerprint density at radius 3 is 2.47 bits per heavy atom. The summed E-state index contributed by atoms with van der Waals surface area (Å²) < 4.78 is 6.09. The number of likely N-dealkylation sites (tertiary alicyclic amines) is 1. The van der Waals surface area contributed by atoms with Crippen LogP contribution in [0.3, 0.4) is 0 Å². The molecule has 0 saturated carbocycles. The van der Waals surface area contributed by atoms with Crippen LogP contribution in [0.5, 0.6) is 5.75 Å². The predicted octanol–water partition coefficient (Wildman–Crippen LogP) is 7.08. The number of fused-ring (bicyclic) bond motifs is 2. The van der Waals surface area contributed by atoms with Crippen molar-refractivity contribution in [3.63, 3.8) is 0 Å². The van der Waals surface area contributed by atoms with Crippen LogP contribution in [0.4, 0.5) is 0 Å². The summed E-state index contributed by atoms with van der Waals surface area (Å²) in [7, 11) is 0. The Kier molecular flexibility index (Phi) is 13.7. The topological polar surface area (TPSA) is 144 Å². The molecule has 1 aliphatic heterocycles. The number of aromatic nitrogens is 1. The average Bonchev–Trinajstić information content (AvgIpc) is 3.62. The molecule has 1 aromatic heterocycles. The molecule has 7 rings (SSSR count). The minimum absolute atomic E-state index is 0.0234. The van der Waals surface area contributed by atoms with Crippen LogP contribution in [-0.4, -0.2) is 64.8 Å². The summed E-state index contributed by atoms with van der Waals surface area (Å²) in [6, 6.07) is 32.3. The highest BCUT2D eigenvalue weighted by molar-refractivity contribution is 5.99. The maximum Gasteiger partial charge on any atom is 0.336 e. The van der Waals surface area contributed by atoms with Gasteiger partial charge in [-0.05, 0) is 123 Å². The number of carbonyl (C=O) groups is 2. The zero-order valence-electron chi connectivity index (χ0n) is 33.3. The van der Waals surface area contributed by atoms with Crippen LogP contribution >= 0.6 is 0 Å². The van der Waals surface area contributed by atoms with E-state index in [4.69, 9.17) is 4.74 Å². The number of pyridine rings is 1. The summed E-state index contributed by atoms with van der Waals surface area (Å²) >= 11 is 0. The number of phenolic OH excluding ortho intramolecular Hbond substituents is 1. The van der Waals surface area contributed by atoms with Crippen LogP contribution in [0.2, 0.25) is 0 Å². The fourth-order valence-electron chi connectivity index (χ4n) is 8.62. The Morgan fingerprint density at radius 1 is 0.862 bits per heavy atom. The van der Waals surface area contributed by atoms with E-state index in [0.717, 1.165) is 94.2 Å². The smallest absolute Gasteiger partial charge is 0.336 e. The van der Waals surface area contributed by atoms with Crippen molar-refractivity contribution in [3.8, 4) is 5.75 Å². The molecule has 0 radical (unpaired) electrons. The number of rotatable bonds is 18. The number of hydrogen-bond donors (Lipinski definition) is 5. The van der Waals surface area contributed by atoms with Crippen molar-refractivity contribution in [1.82, 2.24) is 20.5 Å². The number of nitrogens with zero attached hydrogens (tertiary/aromatic N) is 1. The molecule has 5 aromatic rings. The molecule has 2 atom stereocenters. The standard InChI is InChI=1S/C48H56N4O6/c53-42-21-19-39(40-20-22-44(55)50-45(40)42)43(54)31-49-27-10-3-1-2-5-12-34-15-11-17-38(30-34)46(56)51-48(26-23-37-16-8-9-18-41(37)48)47(57)58-33-36-24-28-52(29-25-36)32-35-13-6-4-7-14-35/h4,6-9,11,13-22,30,36,43,49,53-54H,1-3,5,10,12,23-29,31-33H2,(H,50,55)(H,51,56)/t43-,48?/m0/s1. The molecule has 10 nitrogen and oxygen atoms in total. The van der Waals surface area contributed by atoms with Gasteiger partial charge < -0.3 is 30.6 Å². The first kappa shape index (κ1) is 40.9. The van der Waals surface area contributed by atoms with Crippen LogP contribution < -0.4 is 16.2 Å². The number of benzene rings is 4.